The van der Waals surface area contributed by atoms with Gasteiger partial charge in [0.05, 0.1) is 5.69 Å². The van der Waals surface area contributed by atoms with E-state index in [0.717, 1.165) is 5.56 Å². The van der Waals surface area contributed by atoms with Crippen LogP contribution in [0.3, 0.4) is 0 Å². The first kappa shape index (κ1) is 18.6. The lowest BCUT2D eigenvalue weighted by Gasteiger charge is -2.21. The Morgan fingerprint density at radius 1 is 1.04 bits per heavy atom. The molecule has 5 nitrogen and oxygen atoms in total. The summed E-state index contributed by atoms with van der Waals surface area (Å²) in [6.07, 6.45) is -1.05. The van der Waals surface area contributed by atoms with Crippen molar-refractivity contribution in [3.63, 3.8) is 0 Å². The minimum absolute atomic E-state index is 0.103. The molecule has 0 aliphatic heterocycles. The zero-order valence-corrected chi connectivity index (χ0v) is 14.1. The molecule has 0 saturated heterocycles. The van der Waals surface area contributed by atoms with Gasteiger partial charge in [0.15, 0.2) is 0 Å². The highest BCUT2D eigenvalue weighted by Gasteiger charge is 2.31. The van der Waals surface area contributed by atoms with E-state index in [4.69, 9.17) is 11.5 Å². The number of rotatable bonds is 4. The first-order valence-corrected chi connectivity index (χ1v) is 7.43. The molecule has 0 saturated carbocycles. The lowest BCUT2D eigenvalue weighted by Crippen LogP contribution is -2.17. The van der Waals surface area contributed by atoms with Crippen LogP contribution in [0.4, 0.5) is 24.9 Å². The molecule has 4 N–H and O–H groups in total. The molecule has 2 rings (SSSR count). The van der Waals surface area contributed by atoms with E-state index in [9.17, 15) is 13.2 Å². The number of nitrogens with two attached hydrogens (primary N) is 2. The van der Waals surface area contributed by atoms with Crippen molar-refractivity contribution in [3.8, 4) is 5.75 Å². The smallest absolute Gasteiger partial charge is 0.406 e. The van der Waals surface area contributed by atoms with Gasteiger partial charge in [-0.3, -0.25) is 0 Å². The third kappa shape index (κ3) is 4.85. The van der Waals surface area contributed by atoms with Crippen molar-refractivity contribution in [2.24, 2.45) is 0 Å². The number of hydrogen-bond donors (Lipinski definition) is 2. The zero-order valence-electron chi connectivity index (χ0n) is 14.1. The highest BCUT2D eigenvalue weighted by Crippen LogP contribution is 2.30. The van der Waals surface area contributed by atoms with Crippen LogP contribution in [0.1, 0.15) is 30.7 Å². The summed E-state index contributed by atoms with van der Waals surface area (Å²) in [4.78, 5) is 7.99. The molecular formula is C17H19F3N4O. The Kier molecular flexibility index (Phi) is 4.92. The topological polar surface area (TPSA) is 87.0 Å². The fourth-order valence-electron chi connectivity index (χ4n) is 2.31. The zero-order chi connectivity index (χ0) is 18.8. The summed E-state index contributed by atoms with van der Waals surface area (Å²) in [6, 6.07) is 5.73. The number of alkyl halides is 3. The predicted molar refractivity (Wildman–Crippen MR) is 90.8 cm³/mol. The Bertz CT molecular complexity index is 760. The van der Waals surface area contributed by atoms with Crippen LogP contribution < -0.4 is 16.2 Å². The number of nitrogen functional groups attached to an aromatic ring is 2. The van der Waals surface area contributed by atoms with Crippen molar-refractivity contribution in [2.75, 3.05) is 11.5 Å². The Morgan fingerprint density at radius 2 is 1.64 bits per heavy atom. The maximum atomic E-state index is 12.2. The molecule has 134 valence electrons. The second-order valence-electron chi connectivity index (χ2n) is 6.09. The molecule has 1 aromatic heterocycles. The molecule has 0 unspecified atom stereocenters. The fraction of sp³-hybridized carbons (Fsp3) is 0.294. The Balaban J connectivity index is 2.24. The third-order valence-corrected chi connectivity index (χ3v) is 3.68. The first-order chi connectivity index (χ1) is 11.5. The quantitative estimate of drug-likeness (QED) is 0.873. The van der Waals surface area contributed by atoms with Gasteiger partial charge in [-0.05, 0) is 24.6 Å². The Morgan fingerprint density at radius 3 is 2.16 bits per heavy atom. The third-order valence-electron chi connectivity index (χ3n) is 3.68. The van der Waals surface area contributed by atoms with Crippen molar-refractivity contribution in [1.29, 1.82) is 0 Å². The average Bonchev–Trinajstić information content (AvgIpc) is 2.44. The number of benzene rings is 1. The summed E-state index contributed by atoms with van der Waals surface area (Å²) >= 11 is 0. The van der Waals surface area contributed by atoms with Gasteiger partial charge in [-0.25, -0.2) is 4.98 Å². The van der Waals surface area contributed by atoms with E-state index in [1.165, 1.54) is 12.1 Å². The molecule has 0 fully saturated rings. The maximum Gasteiger partial charge on any atom is 0.573 e. The Hall–Kier alpha value is -2.77. The Labute approximate surface area is 143 Å². The van der Waals surface area contributed by atoms with Crippen LogP contribution in [0.15, 0.2) is 30.3 Å². The molecule has 2 aromatic rings. The number of aromatic nitrogens is 2. The van der Waals surface area contributed by atoms with Gasteiger partial charge in [0.1, 0.15) is 11.6 Å². The standard InChI is InChI=1S/C17H19F3N4O/c1-10-13(14(21)24-15(22)23-10)8-9-16(2,3)11-4-6-12(7-5-11)25-17(18,19)20/h4-9H,1-3H3,(H4,21,22,23,24)/b9-8+. The second-order valence-corrected chi connectivity index (χ2v) is 6.09. The van der Waals surface area contributed by atoms with E-state index in [1.807, 2.05) is 19.9 Å². The largest absolute Gasteiger partial charge is 0.573 e. The second kappa shape index (κ2) is 6.62. The first-order valence-electron chi connectivity index (χ1n) is 7.43. The fourth-order valence-corrected chi connectivity index (χ4v) is 2.31. The highest BCUT2D eigenvalue weighted by atomic mass is 19.4. The highest BCUT2D eigenvalue weighted by molar-refractivity contribution is 5.65. The van der Waals surface area contributed by atoms with Crippen molar-refractivity contribution in [1.82, 2.24) is 9.97 Å². The van der Waals surface area contributed by atoms with Gasteiger partial charge < -0.3 is 16.2 Å². The van der Waals surface area contributed by atoms with Crippen molar-refractivity contribution in [3.05, 3.63) is 47.2 Å². The van der Waals surface area contributed by atoms with Crippen LogP contribution in [0.5, 0.6) is 5.75 Å². The van der Waals surface area contributed by atoms with E-state index in [2.05, 4.69) is 14.7 Å². The van der Waals surface area contributed by atoms with Crippen molar-refractivity contribution >= 4 is 17.8 Å². The van der Waals surface area contributed by atoms with E-state index >= 15 is 0 Å². The molecule has 0 aliphatic rings. The lowest BCUT2D eigenvalue weighted by molar-refractivity contribution is -0.274. The molecular weight excluding hydrogens is 333 g/mol. The molecule has 0 bridgehead atoms. The molecule has 0 amide bonds. The number of allylic oxidation sites excluding steroid dienone is 1. The number of aryl methyl sites for hydroxylation is 1. The number of hydrogen-bond acceptors (Lipinski definition) is 5. The summed E-state index contributed by atoms with van der Waals surface area (Å²) in [5.74, 6) is 0.112. The number of halogens is 3. The molecule has 25 heavy (non-hydrogen) atoms. The van der Waals surface area contributed by atoms with Gasteiger partial charge in [-0.2, -0.15) is 4.98 Å². The van der Waals surface area contributed by atoms with Gasteiger partial charge in [-0.1, -0.05) is 38.1 Å². The molecule has 1 aromatic carbocycles. The van der Waals surface area contributed by atoms with Crippen LogP contribution >= 0.6 is 0 Å². The van der Waals surface area contributed by atoms with Crippen LogP contribution in [0, 0.1) is 6.92 Å². The molecule has 0 radical (unpaired) electrons. The van der Waals surface area contributed by atoms with E-state index < -0.39 is 11.8 Å². The van der Waals surface area contributed by atoms with E-state index in [-0.39, 0.29) is 17.5 Å². The summed E-state index contributed by atoms with van der Waals surface area (Å²) < 4.78 is 40.5. The molecule has 1 heterocycles. The van der Waals surface area contributed by atoms with Gasteiger partial charge >= 0.3 is 6.36 Å². The average molecular weight is 352 g/mol. The van der Waals surface area contributed by atoms with Crippen molar-refractivity contribution < 1.29 is 17.9 Å². The summed E-state index contributed by atoms with van der Waals surface area (Å²) in [6.45, 7) is 5.62. The van der Waals surface area contributed by atoms with Gasteiger partial charge in [0.25, 0.3) is 0 Å². The van der Waals surface area contributed by atoms with Crippen LogP contribution in [-0.2, 0) is 5.41 Å². The minimum atomic E-state index is -4.71. The summed E-state index contributed by atoms with van der Waals surface area (Å²) in [5, 5.41) is 0. The van der Waals surface area contributed by atoms with Crippen LogP contribution in [0.2, 0.25) is 0 Å². The molecule has 8 heteroatoms. The maximum absolute atomic E-state index is 12.2. The monoisotopic (exact) mass is 352 g/mol. The number of anilines is 2. The lowest BCUT2D eigenvalue weighted by atomic mass is 9.84. The van der Waals surface area contributed by atoms with Crippen LogP contribution in [0.25, 0.3) is 6.08 Å². The number of nitrogens with zero attached hydrogens (tertiary/aromatic N) is 2. The van der Waals surface area contributed by atoms with Crippen LogP contribution in [-0.4, -0.2) is 16.3 Å². The number of ether oxygens (including phenoxy) is 1. The summed E-state index contributed by atoms with van der Waals surface area (Å²) in [7, 11) is 0. The van der Waals surface area contributed by atoms with Crippen molar-refractivity contribution in [2.45, 2.75) is 32.5 Å². The molecule has 0 atom stereocenters. The SMILES string of the molecule is Cc1nc(N)nc(N)c1/C=C/C(C)(C)c1ccc(OC(F)(F)F)cc1. The van der Waals surface area contributed by atoms with E-state index in [1.54, 1.807) is 25.1 Å². The minimum Gasteiger partial charge on any atom is -0.406 e. The van der Waals surface area contributed by atoms with Gasteiger partial charge in [-0.15, -0.1) is 13.2 Å². The molecule has 0 spiro atoms. The molecule has 0 aliphatic carbocycles. The van der Waals surface area contributed by atoms with Gasteiger partial charge in [0, 0.05) is 11.0 Å². The summed E-state index contributed by atoms with van der Waals surface area (Å²) in [5.41, 5.74) is 13.1. The van der Waals surface area contributed by atoms with E-state index in [0.29, 0.717) is 11.3 Å². The normalized spacial score (nSPS) is 12.6. The van der Waals surface area contributed by atoms with Gasteiger partial charge in [0.2, 0.25) is 5.95 Å². The predicted octanol–water partition coefficient (Wildman–Crippen LogP) is 3.84.